The van der Waals surface area contributed by atoms with Crippen LogP contribution in [-0.4, -0.2) is 17.9 Å². The van der Waals surface area contributed by atoms with E-state index in [4.69, 9.17) is 4.74 Å². The molecule has 4 heteroatoms. The van der Waals surface area contributed by atoms with Gasteiger partial charge in [-0.05, 0) is 31.2 Å². The second kappa shape index (κ2) is 5.59. The second-order valence-corrected chi connectivity index (χ2v) is 4.61. The number of aryl methyl sites for hydroxylation is 1. The van der Waals surface area contributed by atoms with Crippen LogP contribution in [0.2, 0.25) is 0 Å². The molecule has 0 saturated carbocycles. The number of carbonyl (C=O) groups excluding carboxylic acids is 1. The summed E-state index contributed by atoms with van der Waals surface area (Å²) in [5.74, 6) is 0.781. The first-order valence-corrected chi connectivity index (χ1v) is 6.25. The number of thiazole rings is 1. The van der Waals surface area contributed by atoms with Gasteiger partial charge < -0.3 is 4.74 Å². The quantitative estimate of drug-likeness (QED) is 0.763. The molecule has 3 nitrogen and oxygen atoms in total. The largest absolute Gasteiger partial charge is 0.493 e. The van der Waals surface area contributed by atoms with E-state index in [9.17, 15) is 4.79 Å². The molecule has 1 aromatic heterocycles. The van der Waals surface area contributed by atoms with Crippen molar-refractivity contribution in [1.82, 2.24) is 4.98 Å². The van der Waals surface area contributed by atoms with Crippen molar-refractivity contribution in [3.63, 3.8) is 0 Å². The van der Waals surface area contributed by atoms with Crippen molar-refractivity contribution in [3.05, 3.63) is 45.9 Å². The summed E-state index contributed by atoms with van der Waals surface area (Å²) >= 11 is 1.65. The summed E-state index contributed by atoms with van der Waals surface area (Å²) in [7, 11) is 0. The number of hydrogen-bond acceptors (Lipinski definition) is 4. The Hall–Kier alpha value is -1.68. The fourth-order valence-electron chi connectivity index (χ4n) is 1.42. The maximum Gasteiger partial charge on any atom is 0.150 e. The standard InChI is InChI=1S/C13H13NO2S/c1-10-9-17-13(14-10)6-7-16-12-4-2-11(8-15)3-5-12/h2-5,8-9H,6-7H2,1H3. The molecule has 0 aliphatic rings. The van der Waals surface area contributed by atoms with Crippen LogP contribution in [0.1, 0.15) is 21.1 Å². The van der Waals surface area contributed by atoms with E-state index < -0.39 is 0 Å². The number of rotatable bonds is 5. The third kappa shape index (κ3) is 3.39. The highest BCUT2D eigenvalue weighted by atomic mass is 32.1. The van der Waals surface area contributed by atoms with Gasteiger partial charge in [0.25, 0.3) is 0 Å². The summed E-state index contributed by atoms with van der Waals surface area (Å²) in [6, 6.07) is 7.10. The van der Waals surface area contributed by atoms with Crippen LogP contribution in [0.5, 0.6) is 5.75 Å². The molecule has 0 aliphatic heterocycles. The number of aromatic nitrogens is 1. The SMILES string of the molecule is Cc1csc(CCOc2ccc(C=O)cc2)n1. The third-order valence-corrected chi connectivity index (χ3v) is 3.29. The summed E-state index contributed by atoms with van der Waals surface area (Å²) in [5, 5.41) is 3.13. The minimum absolute atomic E-state index is 0.605. The molecule has 0 fully saturated rings. The lowest BCUT2D eigenvalue weighted by molar-refractivity contribution is 0.112. The fraction of sp³-hybridized carbons (Fsp3) is 0.231. The molecule has 0 unspecified atom stereocenters. The lowest BCUT2D eigenvalue weighted by Crippen LogP contribution is -2.01. The molecule has 0 aliphatic carbocycles. The molecule has 0 bridgehead atoms. The Labute approximate surface area is 104 Å². The maximum atomic E-state index is 10.5. The van der Waals surface area contributed by atoms with Gasteiger partial charge in [0, 0.05) is 23.1 Å². The summed E-state index contributed by atoms with van der Waals surface area (Å²) in [6.07, 6.45) is 1.63. The molecule has 0 atom stereocenters. The Balaban J connectivity index is 1.83. The van der Waals surface area contributed by atoms with Crippen molar-refractivity contribution in [2.45, 2.75) is 13.3 Å². The first-order chi connectivity index (χ1) is 8.28. The van der Waals surface area contributed by atoms with Crippen molar-refractivity contribution < 1.29 is 9.53 Å². The van der Waals surface area contributed by atoms with Crippen molar-refractivity contribution in [3.8, 4) is 5.75 Å². The Morgan fingerprint density at radius 1 is 1.35 bits per heavy atom. The van der Waals surface area contributed by atoms with E-state index in [1.165, 1.54) is 0 Å². The maximum absolute atomic E-state index is 10.5. The van der Waals surface area contributed by atoms with Crippen LogP contribution >= 0.6 is 11.3 Å². The number of aldehydes is 1. The molecule has 2 rings (SSSR count). The number of nitrogens with zero attached hydrogens (tertiary/aromatic N) is 1. The number of carbonyl (C=O) groups is 1. The second-order valence-electron chi connectivity index (χ2n) is 3.67. The van der Waals surface area contributed by atoms with Crippen LogP contribution in [0.15, 0.2) is 29.6 Å². The van der Waals surface area contributed by atoms with Gasteiger partial charge in [-0.2, -0.15) is 0 Å². The van der Waals surface area contributed by atoms with Crippen molar-refractivity contribution in [1.29, 1.82) is 0 Å². The van der Waals surface area contributed by atoms with E-state index in [1.54, 1.807) is 35.6 Å². The minimum atomic E-state index is 0.605. The number of ether oxygens (including phenoxy) is 1. The monoisotopic (exact) mass is 247 g/mol. The van der Waals surface area contributed by atoms with Gasteiger partial charge in [-0.1, -0.05) is 0 Å². The van der Waals surface area contributed by atoms with Gasteiger partial charge in [-0.15, -0.1) is 11.3 Å². The molecule has 88 valence electrons. The van der Waals surface area contributed by atoms with Crippen LogP contribution in [-0.2, 0) is 6.42 Å². The zero-order chi connectivity index (χ0) is 12.1. The van der Waals surface area contributed by atoms with E-state index in [0.717, 1.165) is 29.2 Å². The molecule has 0 N–H and O–H groups in total. The van der Waals surface area contributed by atoms with Gasteiger partial charge in [-0.3, -0.25) is 4.79 Å². The van der Waals surface area contributed by atoms with Gasteiger partial charge in [0.05, 0.1) is 11.6 Å². The Bertz CT molecular complexity index is 490. The van der Waals surface area contributed by atoms with Crippen LogP contribution in [0.3, 0.4) is 0 Å². The number of hydrogen-bond donors (Lipinski definition) is 0. The summed E-state index contributed by atoms with van der Waals surface area (Å²) in [5.41, 5.74) is 1.72. The summed E-state index contributed by atoms with van der Waals surface area (Å²) in [4.78, 5) is 14.8. The molecule has 2 aromatic rings. The zero-order valence-electron chi connectivity index (χ0n) is 9.55. The highest BCUT2D eigenvalue weighted by Crippen LogP contribution is 2.13. The Kier molecular flexibility index (Phi) is 3.88. The minimum Gasteiger partial charge on any atom is -0.493 e. The van der Waals surface area contributed by atoms with E-state index >= 15 is 0 Å². The molecule has 1 aromatic carbocycles. The van der Waals surface area contributed by atoms with Crippen molar-refractivity contribution in [2.75, 3.05) is 6.61 Å². The predicted molar refractivity (Wildman–Crippen MR) is 67.9 cm³/mol. The molecule has 0 saturated heterocycles. The molecular formula is C13H13NO2S. The van der Waals surface area contributed by atoms with Gasteiger partial charge >= 0.3 is 0 Å². The topological polar surface area (TPSA) is 39.2 Å². The average Bonchev–Trinajstić information content (AvgIpc) is 2.76. The molecule has 0 radical (unpaired) electrons. The van der Waals surface area contributed by atoms with Gasteiger partial charge in [0.15, 0.2) is 0 Å². The average molecular weight is 247 g/mol. The van der Waals surface area contributed by atoms with Crippen LogP contribution < -0.4 is 4.74 Å². The third-order valence-electron chi connectivity index (χ3n) is 2.27. The fourth-order valence-corrected chi connectivity index (χ4v) is 2.17. The first kappa shape index (κ1) is 11.8. The van der Waals surface area contributed by atoms with Crippen molar-refractivity contribution >= 4 is 17.6 Å². The molecular weight excluding hydrogens is 234 g/mol. The van der Waals surface area contributed by atoms with Crippen LogP contribution in [0, 0.1) is 6.92 Å². The highest BCUT2D eigenvalue weighted by molar-refractivity contribution is 7.09. The summed E-state index contributed by atoms with van der Waals surface area (Å²) in [6.45, 7) is 2.59. The van der Waals surface area contributed by atoms with Crippen molar-refractivity contribution in [2.24, 2.45) is 0 Å². The van der Waals surface area contributed by atoms with Gasteiger partial charge in [0.2, 0.25) is 0 Å². The molecule has 0 amide bonds. The Morgan fingerprint density at radius 2 is 2.12 bits per heavy atom. The lowest BCUT2D eigenvalue weighted by Gasteiger charge is -2.04. The lowest BCUT2D eigenvalue weighted by atomic mass is 10.2. The van der Waals surface area contributed by atoms with Crippen LogP contribution in [0.25, 0.3) is 0 Å². The normalized spacial score (nSPS) is 10.2. The predicted octanol–water partition coefficient (Wildman–Crippen LogP) is 2.89. The van der Waals surface area contributed by atoms with E-state index in [0.29, 0.717) is 12.2 Å². The molecule has 1 heterocycles. The van der Waals surface area contributed by atoms with Crippen LogP contribution in [0.4, 0.5) is 0 Å². The summed E-state index contributed by atoms with van der Waals surface area (Å²) < 4.78 is 5.57. The van der Waals surface area contributed by atoms with Gasteiger partial charge in [-0.25, -0.2) is 4.98 Å². The molecule has 17 heavy (non-hydrogen) atoms. The molecule has 0 spiro atoms. The first-order valence-electron chi connectivity index (χ1n) is 5.37. The van der Waals surface area contributed by atoms with Gasteiger partial charge in [0.1, 0.15) is 12.0 Å². The Morgan fingerprint density at radius 3 is 2.71 bits per heavy atom. The van der Waals surface area contributed by atoms with E-state index in [-0.39, 0.29) is 0 Å². The van der Waals surface area contributed by atoms with E-state index in [1.807, 2.05) is 12.3 Å². The van der Waals surface area contributed by atoms with E-state index in [2.05, 4.69) is 4.98 Å². The number of benzene rings is 1. The highest BCUT2D eigenvalue weighted by Gasteiger charge is 1.99. The smallest absolute Gasteiger partial charge is 0.150 e. The zero-order valence-corrected chi connectivity index (χ0v) is 10.4.